The predicted molar refractivity (Wildman–Crippen MR) is 151 cm³/mol. The van der Waals surface area contributed by atoms with Crippen molar-refractivity contribution in [2.75, 3.05) is 25.2 Å². The molecule has 1 aromatic heterocycles. The molecule has 198 valence electrons. The van der Waals surface area contributed by atoms with Gasteiger partial charge in [-0.25, -0.2) is 4.98 Å². The molecule has 0 saturated carbocycles. The first-order valence-electron chi connectivity index (χ1n) is 12.3. The van der Waals surface area contributed by atoms with Crippen LogP contribution in [0.1, 0.15) is 24.1 Å². The normalized spacial score (nSPS) is 16.5. The van der Waals surface area contributed by atoms with Gasteiger partial charge in [0.25, 0.3) is 5.78 Å². The van der Waals surface area contributed by atoms with E-state index in [1.165, 1.54) is 16.2 Å². The fourth-order valence-corrected chi connectivity index (χ4v) is 5.45. The van der Waals surface area contributed by atoms with Crippen LogP contribution in [-0.4, -0.2) is 42.1 Å². The van der Waals surface area contributed by atoms with Gasteiger partial charge in [-0.05, 0) is 67.1 Å². The first-order valence-corrected chi connectivity index (χ1v) is 13.1. The summed E-state index contributed by atoms with van der Waals surface area (Å²) in [7, 11) is 1.57. The van der Waals surface area contributed by atoms with Gasteiger partial charge in [0.15, 0.2) is 5.13 Å². The van der Waals surface area contributed by atoms with Crippen LogP contribution >= 0.6 is 11.3 Å². The minimum Gasteiger partial charge on any atom is -0.507 e. The molecule has 1 saturated heterocycles. The Morgan fingerprint density at radius 1 is 1.05 bits per heavy atom. The molecule has 3 aromatic carbocycles. The maximum absolute atomic E-state index is 13.5. The lowest BCUT2D eigenvalue weighted by Gasteiger charge is -2.23. The Labute approximate surface area is 229 Å². The van der Waals surface area contributed by atoms with Crippen molar-refractivity contribution in [1.29, 1.82) is 0 Å². The number of Topliss-reactive ketones (excluding diaryl/α,β-unsaturated/α-hetero) is 1. The summed E-state index contributed by atoms with van der Waals surface area (Å²) < 4.78 is 17.3. The van der Waals surface area contributed by atoms with Crippen molar-refractivity contribution in [3.63, 3.8) is 0 Å². The number of methoxy groups -OCH3 is 1. The third kappa shape index (κ3) is 4.96. The second-order valence-electron chi connectivity index (χ2n) is 8.63. The molecule has 2 heterocycles. The van der Waals surface area contributed by atoms with Crippen LogP contribution in [0.2, 0.25) is 0 Å². The first-order chi connectivity index (χ1) is 18.9. The molecule has 5 rings (SSSR count). The Kier molecular flexibility index (Phi) is 7.33. The van der Waals surface area contributed by atoms with E-state index in [4.69, 9.17) is 14.2 Å². The van der Waals surface area contributed by atoms with E-state index in [0.29, 0.717) is 45.6 Å². The Morgan fingerprint density at radius 3 is 2.54 bits per heavy atom. The van der Waals surface area contributed by atoms with E-state index in [1.807, 2.05) is 13.0 Å². The number of aromatic nitrogens is 1. The number of amides is 1. The number of aliphatic hydroxyl groups is 1. The van der Waals surface area contributed by atoms with E-state index in [-0.39, 0.29) is 17.9 Å². The number of carbonyl (C=O) groups excluding carboxylic acids is 2. The molecule has 0 spiro atoms. The van der Waals surface area contributed by atoms with Gasteiger partial charge >= 0.3 is 5.91 Å². The van der Waals surface area contributed by atoms with Gasteiger partial charge in [0, 0.05) is 5.56 Å². The van der Waals surface area contributed by atoms with Crippen LogP contribution in [0.25, 0.3) is 16.0 Å². The maximum Gasteiger partial charge on any atom is 0.301 e. The lowest BCUT2D eigenvalue weighted by atomic mass is 9.95. The maximum atomic E-state index is 13.5. The van der Waals surface area contributed by atoms with E-state index in [2.05, 4.69) is 11.6 Å². The minimum atomic E-state index is -0.939. The lowest BCUT2D eigenvalue weighted by molar-refractivity contribution is -0.132. The fraction of sp³-hybridized carbons (Fsp3) is 0.167. The molecule has 1 N–H and O–H groups in total. The summed E-state index contributed by atoms with van der Waals surface area (Å²) >= 11 is 1.26. The van der Waals surface area contributed by atoms with Crippen molar-refractivity contribution in [2.45, 2.75) is 13.0 Å². The van der Waals surface area contributed by atoms with Crippen molar-refractivity contribution in [3.05, 3.63) is 96.1 Å². The van der Waals surface area contributed by atoms with Gasteiger partial charge in [0.2, 0.25) is 0 Å². The van der Waals surface area contributed by atoms with Gasteiger partial charge in [0.1, 0.15) is 29.6 Å². The number of hydrogen-bond donors (Lipinski definition) is 1. The molecule has 9 heteroatoms. The molecule has 4 aromatic rings. The van der Waals surface area contributed by atoms with E-state index in [0.717, 1.165) is 4.70 Å². The van der Waals surface area contributed by atoms with Gasteiger partial charge in [0.05, 0.1) is 35.5 Å². The smallest absolute Gasteiger partial charge is 0.301 e. The van der Waals surface area contributed by atoms with Crippen molar-refractivity contribution in [1.82, 2.24) is 4.98 Å². The first kappa shape index (κ1) is 26.0. The Bertz CT molecular complexity index is 1590. The van der Waals surface area contributed by atoms with Crippen LogP contribution < -0.4 is 19.1 Å². The van der Waals surface area contributed by atoms with E-state index in [1.54, 1.807) is 73.8 Å². The molecule has 1 atom stereocenters. The van der Waals surface area contributed by atoms with Gasteiger partial charge in [-0.3, -0.25) is 14.5 Å². The standard InChI is InChI=1S/C30H26N2O6S/c1-4-15-38-22-8-6-7-19(16-22)26-25(27(33)18-9-11-20(12-10-18)37-5-2)28(34)29(35)32(26)30-31-23-14-13-21(36-3)17-24(23)39-30/h4,6-14,16-17,26,33H,1,5,15H2,2-3H3. The number of carbonyl (C=O) groups is 2. The molecule has 0 radical (unpaired) electrons. The zero-order valence-electron chi connectivity index (χ0n) is 21.4. The zero-order valence-corrected chi connectivity index (χ0v) is 22.2. The summed E-state index contributed by atoms with van der Waals surface area (Å²) in [4.78, 5) is 33.0. The molecule has 1 fully saturated rings. The van der Waals surface area contributed by atoms with Gasteiger partial charge in [-0.2, -0.15) is 0 Å². The number of benzene rings is 3. The number of rotatable bonds is 9. The largest absolute Gasteiger partial charge is 0.507 e. The predicted octanol–water partition coefficient (Wildman–Crippen LogP) is 5.89. The van der Waals surface area contributed by atoms with E-state index in [9.17, 15) is 14.7 Å². The number of nitrogens with zero attached hydrogens (tertiary/aromatic N) is 2. The van der Waals surface area contributed by atoms with Gasteiger partial charge in [-0.1, -0.05) is 36.1 Å². The SMILES string of the molecule is C=CCOc1cccc(C2C(=C(O)c3ccc(OCC)cc3)C(=O)C(=O)N2c2nc3ccc(OC)cc3s2)c1. The van der Waals surface area contributed by atoms with Crippen molar-refractivity contribution >= 4 is 44.1 Å². The number of ketones is 1. The van der Waals surface area contributed by atoms with Crippen LogP contribution in [0.15, 0.2) is 85.0 Å². The molecule has 1 aliphatic rings. The van der Waals surface area contributed by atoms with Crippen LogP contribution in [0, 0.1) is 0 Å². The van der Waals surface area contributed by atoms with Crippen molar-refractivity contribution < 1.29 is 28.9 Å². The van der Waals surface area contributed by atoms with E-state index < -0.39 is 17.7 Å². The third-order valence-corrected chi connectivity index (χ3v) is 7.23. The second kappa shape index (κ2) is 11.0. The number of thiazole rings is 1. The molecular formula is C30H26N2O6S. The third-order valence-electron chi connectivity index (χ3n) is 6.22. The number of hydrogen-bond acceptors (Lipinski definition) is 8. The summed E-state index contributed by atoms with van der Waals surface area (Å²) in [6, 6.07) is 18.2. The molecule has 0 bridgehead atoms. The highest BCUT2D eigenvalue weighted by atomic mass is 32.1. The highest BCUT2D eigenvalue weighted by molar-refractivity contribution is 7.22. The highest BCUT2D eigenvalue weighted by Crippen LogP contribution is 2.45. The van der Waals surface area contributed by atoms with Gasteiger partial charge in [-0.15, -0.1) is 0 Å². The van der Waals surface area contributed by atoms with Crippen LogP contribution in [-0.2, 0) is 9.59 Å². The zero-order chi connectivity index (χ0) is 27.5. The molecular weight excluding hydrogens is 516 g/mol. The Balaban J connectivity index is 1.67. The number of fused-ring (bicyclic) bond motifs is 1. The average molecular weight is 543 g/mol. The molecule has 1 aliphatic heterocycles. The minimum absolute atomic E-state index is 0.0399. The summed E-state index contributed by atoms with van der Waals surface area (Å²) in [5, 5.41) is 11.7. The quantitative estimate of drug-likeness (QED) is 0.122. The number of anilines is 1. The lowest BCUT2D eigenvalue weighted by Crippen LogP contribution is -2.29. The molecule has 8 nitrogen and oxygen atoms in total. The number of aliphatic hydroxyl groups excluding tert-OH is 1. The van der Waals surface area contributed by atoms with E-state index >= 15 is 0 Å². The van der Waals surface area contributed by atoms with Crippen molar-refractivity contribution in [2.24, 2.45) is 0 Å². The topological polar surface area (TPSA) is 98.2 Å². The average Bonchev–Trinajstić information content (AvgIpc) is 3.49. The molecule has 39 heavy (non-hydrogen) atoms. The monoisotopic (exact) mass is 542 g/mol. The Morgan fingerprint density at radius 2 is 1.82 bits per heavy atom. The fourth-order valence-electron chi connectivity index (χ4n) is 4.43. The molecule has 1 unspecified atom stereocenters. The van der Waals surface area contributed by atoms with Crippen LogP contribution in [0.4, 0.5) is 5.13 Å². The summed E-state index contributed by atoms with van der Waals surface area (Å²) in [6.07, 6.45) is 1.63. The van der Waals surface area contributed by atoms with Gasteiger partial charge < -0.3 is 19.3 Å². The van der Waals surface area contributed by atoms with Crippen LogP contribution in [0.3, 0.4) is 0 Å². The summed E-state index contributed by atoms with van der Waals surface area (Å²) in [6.45, 7) is 6.34. The summed E-state index contributed by atoms with van der Waals surface area (Å²) in [5.41, 5.74) is 1.59. The highest BCUT2D eigenvalue weighted by Gasteiger charge is 2.48. The van der Waals surface area contributed by atoms with Crippen LogP contribution in [0.5, 0.6) is 17.2 Å². The second-order valence-corrected chi connectivity index (χ2v) is 9.64. The molecule has 0 aliphatic carbocycles. The number of ether oxygens (including phenoxy) is 3. The Hall–Kier alpha value is -4.63. The molecule has 1 amide bonds. The van der Waals surface area contributed by atoms with Crippen molar-refractivity contribution in [3.8, 4) is 17.2 Å². The summed E-state index contributed by atoms with van der Waals surface area (Å²) in [5.74, 6) is -0.0596.